The molecule has 2 rings (SSSR count). The van der Waals surface area contributed by atoms with Crippen LogP contribution in [0.2, 0.25) is 0 Å². The Balaban J connectivity index is 1.66. The molecule has 0 saturated carbocycles. The molecule has 1 fully saturated rings. The molecule has 0 bridgehead atoms. The normalized spacial score (nSPS) is 19.9. The summed E-state index contributed by atoms with van der Waals surface area (Å²) in [4.78, 5) is 9.08. The minimum absolute atomic E-state index is 0.381. The number of nitrogens with zero attached hydrogens (tertiary/aromatic N) is 3. The van der Waals surface area contributed by atoms with Gasteiger partial charge in [-0.05, 0) is 25.6 Å². The van der Waals surface area contributed by atoms with Gasteiger partial charge in [0.25, 0.3) is 0 Å². The highest BCUT2D eigenvalue weighted by atomic mass is 15.2. The number of hydrogen-bond donors (Lipinski definition) is 1. The predicted molar refractivity (Wildman–Crippen MR) is 74.6 cm³/mol. The summed E-state index contributed by atoms with van der Waals surface area (Å²) in [5.74, 6) is 0. The molecule has 1 aromatic heterocycles. The van der Waals surface area contributed by atoms with Gasteiger partial charge < -0.3 is 10.2 Å². The summed E-state index contributed by atoms with van der Waals surface area (Å²) in [5.41, 5.74) is 1.26. The van der Waals surface area contributed by atoms with Crippen LogP contribution in [-0.4, -0.2) is 61.1 Å². The van der Waals surface area contributed by atoms with E-state index in [1.165, 1.54) is 31.7 Å². The fraction of sp³-hybridized carbons (Fsp3) is 0.643. The molecule has 2 heterocycles. The highest BCUT2D eigenvalue weighted by Crippen LogP contribution is 2.09. The van der Waals surface area contributed by atoms with E-state index in [1.807, 2.05) is 18.5 Å². The Morgan fingerprint density at radius 2 is 2.11 bits per heavy atom. The Morgan fingerprint density at radius 3 is 2.78 bits per heavy atom. The Kier molecular flexibility index (Phi) is 5.11. The number of rotatable bonds is 5. The second-order valence-corrected chi connectivity index (χ2v) is 5.11. The number of piperazine rings is 1. The van der Waals surface area contributed by atoms with Crippen LogP contribution in [0.1, 0.15) is 18.5 Å². The second-order valence-electron chi connectivity index (χ2n) is 5.11. The molecule has 1 aliphatic heterocycles. The molecule has 1 aliphatic rings. The zero-order valence-corrected chi connectivity index (χ0v) is 11.5. The summed E-state index contributed by atoms with van der Waals surface area (Å²) in [6, 6.07) is 4.50. The number of aromatic nitrogens is 1. The van der Waals surface area contributed by atoms with Crippen molar-refractivity contribution in [1.29, 1.82) is 0 Å². The standard InChI is InChI=1S/C14H24N4/c1-13(14-4-3-5-15-12-14)16-6-7-18-10-8-17(2)9-11-18/h3-5,12-13,16H,6-11H2,1-2H3. The van der Waals surface area contributed by atoms with E-state index < -0.39 is 0 Å². The minimum atomic E-state index is 0.381. The zero-order valence-electron chi connectivity index (χ0n) is 11.5. The fourth-order valence-corrected chi connectivity index (χ4v) is 2.26. The Morgan fingerprint density at radius 1 is 1.33 bits per heavy atom. The van der Waals surface area contributed by atoms with Crippen molar-refractivity contribution in [3.05, 3.63) is 30.1 Å². The summed E-state index contributed by atoms with van der Waals surface area (Å²) >= 11 is 0. The van der Waals surface area contributed by atoms with Crippen molar-refractivity contribution in [3.8, 4) is 0 Å². The highest BCUT2D eigenvalue weighted by Gasteiger charge is 2.13. The average Bonchev–Trinajstić information content (AvgIpc) is 2.42. The third kappa shape index (κ3) is 4.05. The maximum absolute atomic E-state index is 4.16. The van der Waals surface area contributed by atoms with E-state index in [2.05, 4.69) is 40.1 Å². The maximum atomic E-state index is 4.16. The molecular formula is C14H24N4. The number of hydrogen-bond acceptors (Lipinski definition) is 4. The lowest BCUT2D eigenvalue weighted by Crippen LogP contribution is -2.46. The third-order valence-electron chi connectivity index (χ3n) is 3.66. The molecular weight excluding hydrogens is 224 g/mol. The van der Waals surface area contributed by atoms with Crippen molar-refractivity contribution in [3.63, 3.8) is 0 Å². The van der Waals surface area contributed by atoms with Gasteiger partial charge in [0.1, 0.15) is 0 Å². The first-order valence-corrected chi connectivity index (χ1v) is 6.80. The zero-order chi connectivity index (χ0) is 12.8. The quantitative estimate of drug-likeness (QED) is 0.842. The van der Waals surface area contributed by atoms with Crippen molar-refractivity contribution in [2.45, 2.75) is 13.0 Å². The lowest BCUT2D eigenvalue weighted by atomic mass is 10.1. The highest BCUT2D eigenvalue weighted by molar-refractivity contribution is 5.12. The molecule has 1 atom stereocenters. The number of pyridine rings is 1. The maximum Gasteiger partial charge on any atom is 0.0315 e. The second kappa shape index (κ2) is 6.83. The Hall–Kier alpha value is -0.970. The van der Waals surface area contributed by atoms with E-state index in [0.717, 1.165) is 13.1 Å². The van der Waals surface area contributed by atoms with Crippen LogP contribution in [0.15, 0.2) is 24.5 Å². The summed E-state index contributed by atoms with van der Waals surface area (Å²) in [5, 5.41) is 3.56. The first-order chi connectivity index (χ1) is 8.75. The molecule has 1 saturated heterocycles. The molecule has 18 heavy (non-hydrogen) atoms. The summed E-state index contributed by atoms with van der Waals surface area (Å²) < 4.78 is 0. The van der Waals surface area contributed by atoms with Crippen molar-refractivity contribution < 1.29 is 0 Å². The van der Waals surface area contributed by atoms with Gasteiger partial charge in [0, 0.05) is 57.7 Å². The molecule has 0 amide bonds. The van der Waals surface area contributed by atoms with Gasteiger partial charge in [-0.3, -0.25) is 9.88 Å². The smallest absolute Gasteiger partial charge is 0.0315 e. The van der Waals surface area contributed by atoms with E-state index in [4.69, 9.17) is 0 Å². The lowest BCUT2D eigenvalue weighted by Gasteiger charge is -2.32. The van der Waals surface area contributed by atoms with E-state index >= 15 is 0 Å². The van der Waals surface area contributed by atoms with Gasteiger partial charge in [0.15, 0.2) is 0 Å². The first kappa shape index (κ1) is 13.5. The number of nitrogens with one attached hydrogen (secondary N) is 1. The molecule has 1 aromatic rings. The molecule has 4 heteroatoms. The van der Waals surface area contributed by atoms with E-state index in [-0.39, 0.29) is 0 Å². The van der Waals surface area contributed by atoms with Gasteiger partial charge in [0.2, 0.25) is 0 Å². The van der Waals surface area contributed by atoms with Gasteiger partial charge in [0.05, 0.1) is 0 Å². The Labute approximate surface area is 110 Å². The van der Waals surface area contributed by atoms with E-state index in [9.17, 15) is 0 Å². The van der Waals surface area contributed by atoms with Crippen LogP contribution < -0.4 is 5.32 Å². The predicted octanol–water partition coefficient (Wildman–Crippen LogP) is 0.980. The van der Waals surface area contributed by atoms with Crippen LogP contribution in [0.25, 0.3) is 0 Å². The fourth-order valence-electron chi connectivity index (χ4n) is 2.26. The average molecular weight is 248 g/mol. The molecule has 4 nitrogen and oxygen atoms in total. The molecule has 0 radical (unpaired) electrons. The number of likely N-dealkylation sites (N-methyl/N-ethyl adjacent to an activating group) is 1. The SMILES string of the molecule is CC(NCCN1CCN(C)CC1)c1cccnc1. The van der Waals surface area contributed by atoms with Gasteiger partial charge in [-0.25, -0.2) is 0 Å². The monoisotopic (exact) mass is 248 g/mol. The van der Waals surface area contributed by atoms with Gasteiger partial charge in [-0.15, -0.1) is 0 Å². The summed E-state index contributed by atoms with van der Waals surface area (Å²) in [6.07, 6.45) is 3.76. The molecule has 1 N–H and O–H groups in total. The van der Waals surface area contributed by atoms with Crippen molar-refractivity contribution in [2.75, 3.05) is 46.3 Å². The van der Waals surface area contributed by atoms with Crippen molar-refractivity contribution in [2.24, 2.45) is 0 Å². The van der Waals surface area contributed by atoms with Crippen LogP contribution in [0, 0.1) is 0 Å². The van der Waals surface area contributed by atoms with Crippen LogP contribution >= 0.6 is 0 Å². The molecule has 0 spiro atoms. The third-order valence-corrected chi connectivity index (χ3v) is 3.66. The summed E-state index contributed by atoms with van der Waals surface area (Å²) in [6.45, 7) is 9.15. The molecule has 0 aliphatic carbocycles. The largest absolute Gasteiger partial charge is 0.309 e. The minimum Gasteiger partial charge on any atom is -0.309 e. The van der Waals surface area contributed by atoms with Crippen LogP contribution in [0.5, 0.6) is 0 Å². The lowest BCUT2D eigenvalue weighted by molar-refractivity contribution is 0.154. The molecule has 0 aromatic carbocycles. The topological polar surface area (TPSA) is 31.4 Å². The molecule has 100 valence electrons. The van der Waals surface area contributed by atoms with E-state index in [0.29, 0.717) is 6.04 Å². The van der Waals surface area contributed by atoms with Gasteiger partial charge in [-0.2, -0.15) is 0 Å². The van der Waals surface area contributed by atoms with Crippen molar-refractivity contribution >= 4 is 0 Å². The van der Waals surface area contributed by atoms with Gasteiger partial charge >= 0.3 is 0 Å². The van der Waals surface area contributed by atoms with E-state index in [1.54, 1.807) is 0 Å². The Bertz CT molecular complexity index is 333. The van der Waals surface area contributed by atoms with Crippen LogP contribution in [-0.2, 0) is 0 Å². The van der Waals surface area contributed by atoms with Crippen molar-refractivity contribution in [1.82, 2.24) is 20.1 Å². The molecule has 1 unspecified atom stereocenters. The van der Waals surface area contributed by atoms with Crippen LogP contribution in [0.4, 0.5) is 0 Å². The van der Waals surface area contributed by atoms with Gasteiger partial charge in [-0.1, -0.05) is 6.07 Å². The summed E-state index contributed by atoms with van der Waals surface area (Å²) in [7, 11) is 2.19. The first-order valence-electron chi connectivity index (χ1n) is 6.80. The van der Waals surface area contributed by atoms with Crippen LogP contribution in [0.3, 0.4) is 0 Å².